The standard InChI is InChI=1S/C17H16F3N5OS/c1-24-15-13(7-23-24)16(22-11-21-15)27-9-14(26)25(10-17(18,19)20)8-12-5-3-2-4-6-12/h2-7,11H,8-10H2,1H3. The van der Waals surface area contributed by atoms with Gasteiger partial charge in [0.15, 0.2) is 5.65 Å². The molecule has 3 rings (SSSR count). The molecule has 1 amide bonds. The first-order valence-corrected chi connectivity index (χ1v) is 8.96. The van der Waals surface area contributed by atoms with Gasteiger partial charge in [-0.15, -0.1) is 0 Å². The van der Waals surface area contributed by atoms with Crippen molar-refractivity contribution in [2.45, 2.75) is 17.7 Å². The minimum absolute atomic E-state index is 0.105. The third-order valence-corrected chi connectivity index (χ3v) is 4.75. The number of rotatable bonds is 6. The first-order valence-electron chi connectivity index (χ1n) is 7.97. The molecule has 0 aliphatic rings. The number of benzene rings is 1. The van der Waals surface area contributed by atoms with Gasteiger partial charge in [0.05, 0.1) is 17.3 Å². The van der Waals surface area contributed by atoms with Crippen molar-refractivity contribution in [3.63, 3.8) is 0 Å². The van der Waals surface area contributed by atoms with Gasteiger partial charge in [0.25, 0.3) is 0 Å². The van der Waals surface area contributed by atoms with Crippen molar-refractivity contribution in [1.29, 1.82) is 0 Å². The van der Waals surface area contributed by atoms with Crippen molar-refractivity contribution in [3.8, 4) is 0 Å². The van der Waals surface area contributed by atoms with Crippen molar-refractivity contribution < 1.29 is 18.0 Å². The van der Waals surface area contributed by atoms with Crippen LogP contribution in [0.15, 0.2) is 47.9 Å². The van der Waals surface area contributed by atoms with Crippen LogP contribution in [0.4, 0.5) is 13.2 Å². The van der Waals surface area contributed by atoms with E-state index in [1.807, 2.05) is 0 Å². The van der Waals surface area contributed by atoms with Crippen LogP contribution in [0.3, 0.4) is 0 Å². The first-order chi connectivity index (χ1) is 12.8. The average molecular weight is 395 g/mol. The summed E-state index contributed by atoms with van der Waals surface area (Å²) >= 11 is 1.07. The third kappa shape index (κ3) is 4.97. The molecule has 10 heteroatoms. The number of fused-ring (bicyclic) bond motifs is 1. The van der Waals surface area contributed by atoms with Crippen LogP contribution >= 0.6 is 11.8 Å². The number of hydrogen-bond acceptors (Lipinski definition) is 5. The van der Waals surface area contributed by atoms with Crippen LogP contribution in [-0.2, 0) is 18.4 Å². The molecule has 0 atom stereocenters. The van der Waals surface area contributed by atoms with E-state index in [1.54, 1.807) is 48.3 Å². The number of carbonyl (C=O) groups is 1. The van der Waals surface area contributed by atoms with Gasteiger partial charge in [-0.25, -0.2) is 9.97 Å². The van der Waals surface area contributed by atoms with E-state index in [1.165, 1.54) is 6.33 Å². The third-order valence-electron chi connectivity index (χ3n) is 3.76. The Balaban J connectivity index is 1.73. The number of aryl methyl sites for hydroxylation is 1. The lowest BCUT2D eigenvalue weighted by Gasteiger charge is -2.24. The smallest absolute Gasteiger partial charge is 0.329 e. The van der Waals surface area contributed by atoms with E-state index in [-0.39, 0.29) is 12.3 Å². The maximum atomic E-state index is 12.9. The summed E-state index contributed by atoms with van der Waals surface area (Å²) in [6.45, 7) is -1.40. The molecule has 0 fully saturated rings. The van der Waals surface area contributed by atoms with E-state index < -0.39 is 18.6 Å². The second kappa shape index (κ2) is 7.95. The van der Waals surface area contributed by atoms with Crippen LogP contribution in [-0.4, -0.2) is 49.0 Å². The molecule has 27 heavy (non-hydrogen) atoms. The van der Waals surface area contributed by atoms with Crippen molar-refractivity contribution >= 4 is 28.7 Å². The highest BCUT2D eigenvalue weighted by Gasteiger charge is 2.33. The van der Waals surface area contributed by atoms with Gasteiger partial charge in [-0.3, -0.25) is 9.48 Å². The lowest BCUT2D eigenvalue weighted by Crippen LogP contribution is -2.39. The number of hydrogen-bond donors (Lipinski definition) is 0. The second-order valence-corrected chi connectivity index (χ2v) is 6.79. The van der Waals surface area contributed by atoms with E-state index in [9.17, 15) is 18.0 Å². The maximum absolute atomic E-state index is 12.9. The number of aromatic nitrogens is 4. The summed E-state index contributed by atoms with van der Waals surface area (Å²) in [6, 6.07) is 8.59. The Morgan fingerprint density at radius 1 is 1.22 bits per heavy atom. The Bertz CT molecular complexity index is 929. The molecule has 0 saturated heterocycles. The summed E-state index contributed by atoms with van der Waals surface area (Å²) in [5.74, 6) is -0.777. The van der Waals surface area contributed by atoms with Gasteiger partial charge >= 0.3 is 6.18 Å². The molecule has 0 N–H and O–H groups in total. The van der Waals surface area contributed by atoms with E-state index in [0.29, 0.717) is 21.6 Å². The monoisotopic (exact) mass is 395 g/mol. The lowest BCUT2D eigenvalue weighted by molar-refractivity contribution is -0.160. The fraction of sp³-hybridized carbons (Fsp3) is 0.294. The Hall–Kier alpha value is -2.62. The van der Waals surface area contributed by atoms with E-state index in [2.05, 4.69) is 15.1 Å². The summed E-state index contributed by atoms with van der Waals surface area (Å²) < 4.78 is 40.3. The highest BCUT2D eigenvalue weighted by Crippen LogP contribution is 2.25. The summed E-state index contributed by atoms with van der Waals surface area (Å²) in [4.78, 5) is 21.5. The van der Waals surface area contributed by atoms with Crippen LogP contribution in [0.25, 0.3) is 11.0 Å². The number of amides is 1. The summed E-state index contributed by atoms with van der Waals surface area (Å²) in [6.07, 6.45) is -1.56. The van der Waals surface area contributed by atoms with Crippen molar-refractivity contribution in [3.05, 3.63) is 48.4 Å². The Labute approximate surface area is 157 Å². The molecule has 0 aliphatic heterocycles. The molecule has 6 nitrogen and oxygen atoms in total. The average Bonchev–Trinajstić information content (AvgIpc) is 3.01. The van der Waals surface area contributed by atoms with Crippen LogP contribution in [0, 0.1) is 0 Å². The highest BCUT2D eigenvalue weighted by atomic mass is 32.2. The van der Waals surface area contributed by atoms with Gasteiger partial charge < -0.3 is 4.90 Å². The number of carbonyl (C=O) groups excluding carboxylic acids is 1. The van der Waals surface area contributed by atoms with Gasteiger partial charge in [0.2, 0.25) is 5.91 Å². The molecule has 0 bridgehead atoms. The zero-order valence-electron chi connectivity index (χ0n) is 14.3. The first kappa shape index (κ1) is 19.2. The molecule has 0 aliphatic carbocycles. The summed E-state index contributed by atoms with van der Waals surface area (Å²) in [5.41, 5.74) is 1.23. The fourth-order valence-corrected chi connectivity index (χ4v) is 3.39. The normalized spacial score (nSPS) is 11.7. The van der Waals surface area contributed by atoms with Crippen molar-refractivity contribution in [1.82, 2.24) is 24.6 Å². The Morgan fingerprint density at radius 2 is 1.96 bits per heavy atom. The minimum Gasteiger partial charge on any atom is -0.329 e. The molecular weight excluding hydrogens is 379 g/mol. The predicted octanol–water partition coefficient (Wildman–Crippen LogP) is 3.05. The van der Waals surface area contributed by atoms with E-state index in [4.69, 9.17) is 0 Å². The van der Waals surface area contributed by atoms with Crippen LogP contribution in [0.2, 0.25) is 0 Å². The molecule has 2 heterocycles. The van der Waals surface area contributed by atoms with E-state index >= 15 is 0 Å². The maximum Gasteiger partial charge on any atom is 0.406 e. The van der Waals surface area contributed by atoms with Gasteiger partial charge in [0, 0.05) is 13.6 Å². The SMILES string of the molecule is Cn1ncc2c(SCC(=O)N(Cc3ccccc3)CC(F)(F)F)ncnc21. The Morgan fingerprint density at radius 3 is 2.67 bits per heavy atom. The zero-order valence-corrected chi connectivity index (χ0v) is 15.2. The van der Waals surface area contributed by atoms with Crippen molar-refractivity contribution in [2.24, 2.45) is 7.05 Å². The van der Waals surface area contributed by atoms with Gasteiger partial charge in [-0.05, 0) is 5.56 Å². The molecule has 0 unspecified atom stereocenters. The second-order valence-electron chi connectivity index (χ2n) is 5.82. The highest BCUT2D eigenvalue weighted by molar-refractivity contribution is 8.00. The largest absolute Gasteiger partial charge is 0.406 e. The molecule has 0 radical (unpaired) electrons. The number of nitrogens with zero attached hydrogens (tertiary/aromatic N) is 5. The summed E-state index contributed by atoms with van der Waals surface area (Å²) in [5, 5.41) is 5.24. The van der Waals surface area contributed by atoms with Crippen LogP contribution < -0.4 is 0 Å². The van der Waals surface area contributed by atoms with Gasteiger partial charge in [0.1, 0.15) is 17.9 Å². The minimum atomic E-state index is -4.47. The number of halogens is 3. The number of thioether (sulfide) groups is 1. The number of alkyl halides is 3. The fourth-order valence-electron chi connectivity index (χ4n) is 2.53. The van der Waals surface area contributed by atoms with E-state index in [0.717, 1.165) is 16.7 Å². The van der Waals surface area contributed by atoms with Crippen LogP contribution in [0.1, 0.15) is 5.56 Å². The molecule has 1 aromatic carbocycles. The van der Waals surface area contributed by atoms with Crippen molar-refractivity contribution in [2.75, 3.05) is 12.3 Å². The molecule has 2 aromatic heterocycles. The Kier molecular flexibility index (Phi) is 5.64. The molecule has 0 saturated carbocycles. The lowest BCUT2D eigenvalue weighted by atomic mass is 10.2. The molecule has 0 spiro atoms. The van der Waals surface area contributed by atoms with Crippen LogP contribution in [0.5, 0.6) is 0 Å². The quantitative estimate of drug-likeness (QED) is 0.474. The summed E-state index contributed by atoms with van der Waals surface area (Å²) in [7, 11) is 1.72. The topological polar surface area (TPSA) is 63.9 Å². The zero-order chi connectivity index (χ0) is 19.4. The molecule has 3 aromatic rings. The van der Waals surface area contributed by atoms with Gasteiger partial charge in [-0.2, -0.15) is 18.3 Å². The van der Waals surface area contributed by atoms with Gasteiger partial charge in [-0.1, -0.05) is 42.1 Å². The molecule has 142 valence electrons. The molecular formula is C17H16F3N5OS. The predicted molar refractivity (Wildman–Crippen MR) is 94.9 cm³/mol.